The number of ether oxygens (including phenoxy) is 4. The van der Waals surface area contributed by atoms with Gasteiger partial charge >= 0.3 is 0 Å². The van der Waals surface area contributed by atoms with Crippen molar-refractivity contribution in [3.05, 3.63) is 0 Å². The summed E-state index contributed by atoms with van der Waals surface area (Å²) in [6.07, 6.45) is -0.954. The molecule has 0 spiro atoms. The Balaban J connectivity index is 0. The molecule has 0 aliphatic carbocycles. The largest absolute Gasteiger partial charge is 0.394 e. The molecule has 0 aromatic carbocycles. The van der Waals surface area contributed by atoms with Gasteiger partial charge in [-0.25, -0.2) is 0 Å². The van der Waals surface area contributed by atoms with E-state index >= 15 is 0 Å². The van der Waals surface area contributed by atoms with Crippen molar-refractivity contribution in [2.75, 3.05) is 79.3 Å². The third-order valence-corrected chi connectivity index (χ3v) is 2.01. The lowest BCUT2D eigenvalue weighted by molar-refractivity contribution is -0.00856. The molecule has 22 heavy (non-hydrogen) atoms. The minimum atomic E-state index is -0.954. The Kier molecular flexibility index (Phi) is 24.9. The summed E-state index contributed by atoms with van der Waals surface area (Å²) in [6.45, 7) is 3.06. The molecular weight excluding hydrogens is 300 g/mol. The van der Waals surface area contributed by atoms with Crippen LogP contribution >= 0.6 is 0 Å². The third-order valence-electron chi connectivity index (χ3n) is 2.01. The van der Waals surface area contributed by atoms with Crippen molar-refractivity contribution in [2.24, 2.45) is 0 Å². The summed E-state index contributed by atoms with van der Waals surface area (Å²) in [6, 6.07) is 0. The average Bonchev–Trinajstić information content (AvgIpc) is 2.55. The summed E-state index contributed by atoms with van der Waals surface area (Å²) in [5.74, 6) is 0. The number of hydrogen-bond donors (Lipinski definition) is 5. The lowest BCUT2D eigenvalue weighted by Crippen LogP contribution is -2.15. The van der Waals surface area contributed by atoms with E-state index in [1.807, 2.05) is 0 Å². The van der Waals surface area contributed by atoms with Crippen LogP contribution in [0.4, 0.5) is 0 Å². The average molecular weight is 330 g/mol. The van der Waals surface area contributed by atoms with Gasteiger partial charge in [0.05, 0.1) is 79.3 Å². The zero-order chi connectivity index (χ0) is 16.9. The van der Waals surface area contributed by atoms with Crippen molar-refractivity contribution >= 4 is 0 Å². The van der Waals surface area contributed by atoms with Crippen LogP contribution < -0.4 is 0 Å². The van der Waals surface area contributed by atoms with Crippen molar-refractivity contribution < 1.29 is 44.5 Å². The fraction of sp³-hybridized carbons (Fsp3) is 1.00. The second-order valence-electron chi connectivity index (χ2n) is 3.92. The molecule has 9 nitrogen and oxygen atoms in total. The Hall–Kier alpha value is -0.360. The van der Waals surface area contributed by atoms with E-state index in [1.54, 1.807) is 0 Å². The molecule has 0 rings (SSSR count). The van der Waals surface area contributed by atoms with Gasteiger partial charge in [0, 0.05) is 0 Å². The zero-order valence-electron chi connectivity index (χ0n) is 12.9. The van der Waals surface area contributed by atoms with Crippen molar-refractivity contribution in [3.8, 4) is 0 Å². The summed E-state index contributed by atoms with van der Waals surface area (Å²) >= 11 is 0. The first-order valence-corrected chi connectivity index (χ1v) is 7.15. The van der Waals surface area contributed by atoms with Crippen LogP contribution in [0.2, 0.25) is 0 Å². The lowest BCUT2D eigenvalue weighted by Gasteiger charge is -2.06. The van der Waals surface area contributed by atoms with Gasteiger partial charge in [-0.1, -0.05) is 0 Å². The van der Waals surface area contributed by atoms with Gasteiger partial charge in [0.25, 0.3) is 0 Å². The van der Waals surface area contributed by atoms with E-state index in [0.717, 1.165) is 0 Å². The maximum absolute atomic E-state index is 8.41. The first-order chi connectivity index (χ1) is 10.7. The van der Waals surface area contributed by atoms with Crippen molar-refractivity contribution in [1.82, 2.24) is 0 Å². The molecular formula is C13H30O9. The van der Waals surface area contributed by atoms with Crippen LogP contribution in [0.25, 0.3) is 0 Å². The molecule has 0 aromatic rings. The van der Waals surface area contributed by atoms with Gasteiger partial charge in [-0.05, 0) is 0 Å². The molecule has 9 heteroatoms. The first kappa shape index (κ1) is 23.9. The Bertz CT molecular complexity index is 165. The van der Waals surface area contributed by atoms with Gasteiger partial charge in [0.1, 0.15) is 6.10 Å². The highest BCUT2D eigenvalue weighted by Gasteiger charge is 1.94. The van der Waals surface area contributed by atoms with Gasteiger partial charge < -0.3 is 44.5 Å². The van der Waals surface area contributed by atoms with Gasteiger partial charge in [0.2, 0.25) is 0 Å². The standard InChI is InChI=1S/C10H22O6.C3H8O3/c11-1-3-13-5-7-15-9-10-16-8-6-14-4-2-12;4-1-3(6)2-5/h11-12H,1-10H2;3-6H,1-2H2. The quantitative estimate of drug-likeness (QED) is 0.204. The molecule has 0 amide bonds. The lowest BCUT2D eigenvalue weighted by atomic mass is 10.4. The summed E-state index contributed by atoms with van der Waals surface area (Å²) in [5, 5.41) is 40.8. The topological polar surface area (TPSA) is 138 Å². The maximum Gasteiger partial charge on any atom is 0.100 e. The summed E-state index contributed by atoms with van der Waals surface area (Å²) < 4.78 is 20.4. The predicted molar refractivity (Wildman–Crippen MR) is 77.6 cm³/mol. The maximum atomic E-state index is 8.41. The number of aliphatic hydroxyl groups excluding tert-OH is 5. The van der Waals surface area contributed by atoms with Gasteiger partial charge in [-0.2, -0.15) is 0 Å². The Morgan fingerprint density at radius 2 is 0.773 bits per heavy atom. The fourth-order valence-electron chi connectivity index (χ4n) is 0.949. The molecule has 0 aliphatic rings. The molecule has 0 atom stereocenters. The first-order valence-electron chi connectivity index (χ1n) is 7.15. The molecule has 0 saturated heterocycles. The van der Waals surface area contributed by atoms with Crippen LogP contribution in [0.3, 0.4) is 0 Å². The molecule has 0 aliphatic heterocycles. The van der Waals surface area contributed by atoms with Crippen LogP contribution in [0.5, 0.6) is 0 Å². The number of rotatable bonds is 15. The molecule has 0 heterocycles. The number of hydrogen-bond acceptors (Lipinski definition) is 9. The predicted octanol–water partition coefficient (Wildman–Crippen LogP) is -2.63. The van der Waals surface area contributed by atoms with E-state index in [1.165, 1.54) is 0 Å². The Morgan fingerprint density at radius 3 is 0.955 bits per heavy atom. The summed E-state index contributed by atoms with van der Waals surface area (Å²) in [4.78, 5) is 0. The molecule has 0 radical (unpaired) electrons. The normalized spacial score (nSPS) is 10.6. The van der Waals surface area contributed by atoms with Crippen molar-refractivity contribution in [2.45, 2.75) is 6.10 Å². The Morgan fingerprint density at radius 1 is 0.500 bits per heavy atom. The number of aliphatic hydroxyl groups is 5. The van der Waals surface area contributed by atoms with E-state index in [2.05, 4.69) is 0 Å². The van der Waals surface area contributed by atoms with Gasteiger partial charge in [-0.3, -0.25) is 0 Å². The highest BCUT2D eigenvalue weighted by atomic mass is 16.6. The summed E-state index contributed by atoms with van der Waals surface area (Å²) in [7, 11) is 0. The van der Waals surface area contributed by atoms with E-state index in [0.29, 0.717) is 52.9 Å². The molecule has 0 bridgehead atoms. The highest BCUT2D eigenvalue weighted by Crippen LogP contribution is 1.82. The minimum absolute atomic E-state index is 0.0386. The van der Waals surface area contributed by atoms with Gasteiger partial charge in [0.15, 0.2) is 0 Å². The smallest absolute Gasteiger partial charge is 0.100 e. The minimum Gasteiger partial charge on any atom is -0.394 e. The van der Waals surface area contributed by atoms with E-state index in [9.17, 15) is 0 Å². The van der Waals surface area contributed by atoms with Crippen LogP contribution in [-0.2, 0) is 18.9 Å². The van der Waals surface area contributed by atoms with Crippen molar-refractivity contribution in [1.29, 1.82) is 0 Å². The fourth-order valence-corrected chi connectivity index (χ4v) is 0.949. The zero-order valence-corrected chi connectivity index (χ0v) is 12.9. The van der Waals surface area contributed by atoms with E-state index in [4.69, 9.17) is 44.5 Å². The van der Waals surface area contributed by atoms with Crippen LogP contribution in [0.1, 0.15) is 0 Å². The highest BCUT2D eigenvalue weighted by molar-refractivity contribution is 4.44. The molecule has 5 N–H and O–H groups in total. The van der Waals surface area contributed by atoms with Crippen molar-refractivity contribution in [3.63, 3.8) is 0 Å². The molecule has 0 aromatic heterocycles. The van der Waals surface area contributed by atoms with Crippen LogP contribution in [-0.4, -0.2) is 111 Å². The molecule has 0 fully saturated rings. The summed E-state index contributed by atoms with van der Waals surface area (Å²) in [5.41, 5.74) is 0. The third kappa shape index (κ3) is 24.6. The van der Waals surface area contributed by atoms with E-state index in [-0.39, 0.29) is 26.4 Å². The Labute approximate surface area is 131 Å². The monoisotopic (exact) mass is 330 g/mol. The second kappa shape index (κ2) is 22.9. The SMILES string of the molecule is OCC(O)CO.OCCOCCOCCOCCOCCO. The molecule has 0 unspecified atom stereocenters. The molecule has 0 saturated carbocycles. The second-order valence-corrected chi connectivity index (χ2v) is 3.92. The van der Waals surface area contributed by atoms with Crippen LogP contribution in [0, 0.1) is 0 Å². The van der Waals surface area contributed by atoms with Crippen LogP contribution in [0.15, 0.2) is 0 Å². The molecule has 136 valence electrons. The van der Waals surface area contributed by atoms with E-state index < -0.39 is 6.10 Å². The van der Waals surface area contributed by atoms with Gasteiger partial charge in [-0.15, -0.1) is 0 Å².